The van der Waals surface area contributed by atoms with Crippen molar-refractivity contribution in [1.82, 2.24) is 20.4 Å². The minimum Gasteiger partial charge on any atom is -0.356 e. The second kappa shape index (κ2) is 6.91. The average molecular weight is 348 g/mol. The number of nitrogens with one attached hydrogen (secondary N) is 1. The molecule has 0 aliphatic carbocycles. The van der Waals surface area contributed by atoms with Gasteiger partial charge in [-0.3, -0.25) is 9.78 Å². The number of rotatable bonds is 6. The normalized spacial score (nSPS) is 18.6. The van der Waals surface area contributed by atoms with Gasteiger partial charge in [0.05, 0.1) is 5.75 Å². The molecular weight excluding hydrogens is 332 g/mol. The lowest BCUT2D eigenvalue weighted by atomic mass is 10.1. The van der Waals surface area contributed by atoms with Gasteiger partial charge in [-0.15, -0.1) is 0 Å². The second-order valence-electron chi connectivity index (χ2n) is 5.48. The summed E-state index contributed by atoms with van der Waals surface area (Å²) in [5.74, 6) is 0.408. The number of carbonyl (C=O) groups excluding carboxylic acids is 1. The van der Waals surface area contributed by atoms with E-state index in [0.717, 1.165) is 5.56 Å². The van der Waals surface area contributed by atoms with E-state index in [1.54, 1.807) is 24.5 Å². The zero-order chi connectivity index (χ0) is 17.0. The van der Waals surface area contributed by atoms with Crippen LogP contribution in [0.25, 0.3) is 11.4 Å². The van der Waals surface area contributed by atoms with Crippen LogP contribution in [-0.4, -0.2) is 41.7 Å². The summed E-state index contributed by atoms with van der Waals surface area (Å²) in [6, 6.07) is 3.61. The summed E-state index contributed by atoms with van der Waals surface area (Å²) in [5.41, 5.74) is 0.755. The summed E-state index contributed by atoms with van der Waals surface area (Å²) in [7, 11) is -3.13. The van der Waals surface area contributed by atoms with Gasteiger partial charge in [-0.05, 0) is 12.1 Å². The Morgan fingerprint density at radius 1 is 1.42 bits per heavy atom. The third-order valence-corrected chi connectivity index (χ3v) is 4.97. The van der Waals surface area contributed by atoms with Crippen LogP contribution < -0.4 is 5.32 Å². The highest BCUT2D eigenvalue weighted by atomic mass is 32.2. The van der Waals surface area contributed by atoms with Crippen molar-refractivity contribution in [3.8, 4) is 11.4 Å². The molecule has 0 bridgehead atoms. The first-order valence-electron chi connectivity index (χ1n) is 7.42. The molecule has 9 heteroatoms. The summed E-state index contributed by atoms with van der Waals surface area (Å²) in [4.78, 5) is 20.0. The molecule has 24 heavy (non-hydrogen) atoms. The third kappa shape index (κ3) is 4.25. The van der Waals surface area contributed by atoms with Crippen molar-refractivity contribution in [3.63, 3.8) is 0 Å². The summed E-state index contributed by atoms with van der Waals surface area (Å²) < 4.78 is 27.7. The number of amides is 1. The van der Waals surface area contributed by atoms with E-state index in [9.17, 15) is 13.2 Å². The SMILES string of the molecule is O=C(C[C@@H]1C=CS(=O)(=O)C1)NCCc1nc(-c2cccnc2)no1. The predicted octanol–water partition coefficient (Wildman–Crippen LogP) is 0.739. The lowest BCUT2D eigenvalue weighted by Crippen LogP contribution is -2.28. The van der Waals surface area contributed by atoms with E-state index in [1.807, 2.05) is 6.07 Å². The van der Waals surface area contributed by atoms with Gasteiger partial charge in [-0.1, -0.05) is 11.2 Å². The van der Waals surface area contributed by atoms with Crippen molar-refractivity contribution in [1.29, 1.82) is 0 Å². The Kier molecular flexibility index (Phi) is 4.70. The van der Waals surface area contributed by atoms with Crippen LogP contribution in [0.15, 0.2) is 40.5 Å². The van der Waals surface area contributed by atoms with Gasteiger partial charge >= 0.3 is 0 Å². The molecule has 0 saturated heterocycles. The Labute approximate surface area is 138 Å². The molecule has 0 spiro atoms. The molecule has 8 nitrogen and oxygen atoms in total. The van der Waals surface area contributed by atoms with E-state index >= 15 is 0 Å². The lowest BCUT2D eigenvalue weighted by Gasteiger charge is -2.06. The molecule has 0 fully saturated rings. The minimum absolute atomic E-state index is 0.00144. The molecule has 2 aromatic heterocycles. The van der Waals surface area contributed by atoms with Gasteiger partial charge in [0.2, 0.25) is 17.6 Å². The van der Waals surface area contributed by atoms with Crippen LogP contribution in [-0.2, 0) is 21.1 Å². The number of aromatic nitrogens is 3. The number of allylic oxidation sites excluding steroid dienone is 1. The van der Waals surface area contributed by atoms with Gasteiger partial charge in [0, 0.05) is 48.7 Å². The van der Waals surface area contributed by atoms with Crippen LogP contribution in [0.4, 0.5) is 0 Å². The highest BCUT2D eigenvalue weighted by molar-refractivity contribution is 7.94. The van der Waals surface area contributed by atoms with Crippen molar-refractivity contribution in [3.05, 3.63) is 41.9 Å². The fourth-order valence-electron chi connectivity index (χ4n) is 2.36. The highest BCUT2D eigenvalue weighted by Gasteiger charge is 2.23. The topological polar surface area (TPSA) is 115 Å². The van der Waals surface area contributed by atoms with Gasteiger partial charge in [0.25, 0.3) is 0 Å². The molecule has 126 valence electrons. The molecule has 0 aromatic carbocycles. The van der Waals surface area contributed by atoms with E-state index in [1.165, 1.54) is 5.41 Å². The molecule has 1 aliphatic heterocycles. The Balaban J connectivity index is 1.44. The summed E-state index contributed by atoms with van der Waals surface area (Å²) >= 11 is 0. The first kappa shape index (κ1) is 16.3. The molecule has 1 N–H and O–H groups in total. The van der Waals surface area contributed by atoms with E-state index < -0.39 is 9.84 Å². The second-order valence-corrected chi connectivity index (χ2v) is 7.41. The maximum Gasteiger partial charge on any atom is 0.228 e. The van der Waals surface area contributed by atoms with E-state index in [4.69, 9.17) is 4.52 Å². The molecule has 1 aliphatic rings. The van der Waals surface area contributed by atoms with Gasteiger partial charge in [0.1, 0.15) is 0 Å². The molecule has 1 amide bonds. The molecule has 1 atom stereocenters. The standard InChI is InChI=1S/C15H16N4O4S/c20-13(8-11-4-7-24(21,22)10-11)17-6-3-14-18-15(19-23-14)12-2-1-5-16-9-12/h1-2,4-5,7,9,11H,3,6,8,10H2,(H,17,20)/t11-/m0/s1. The first-order chi connectivity index (χ1) is 11.5. The number of sulfone groups is 1. The fourth-order valence-corrected chi connectivity index (χ4v) is 3.75. The number of nitrogens with zero attached hydrogens (tertiary/aromatic N) is 3. The summed E-state index contributed by atoms with van der Waals surface area (Å²) in [6.07, 6.45) is 5.41. The predicted molar refractivity (Wildman–Crippen MR) is 85.3 cm³/mol. The summed E-state index contributed by atoms with van der Waals surface area (Å²) in [5, 5.41) is 7.77. The van der Waals surface area contributed by atoms with Crippen molar-refractivity contribution < 1.29 is 17.7 Å². The Morgan fingerprint density at radius 3 is 3.00 bits per heavy atom. The van der Waals surface area contributed by atoms with E-state index in [-0.39, 0.29) is 24.0 Å². The monoisotopic (exact) mass is 348 g/mol. The van der Waals surface area contributed by atoms with E-state index in [0.29, 0.717) is 24.7 Å². The Hall–Kier alpha value is -2.55. The van der Waals surface area contributed by atoms with E-state index in [2.05, 4.69) is 20.4 Å². The maximum atomic E-state index is 11.8. The smallest absolute Gasteiger partial charge is 0.228 e. The highest BCUT2D eigenvalue weighted by Crippen LogP contribution is 2.18. The molecular formula is C15H16N4O4S. The van der Waals surface area contributed by atoms with Crippen LogP contribution in [0.3, 0.4) is 0 Å². The van der Waals surface area contributed by atoms with Gasteiger partial charge in [-0.25, -0.2) is 8.42 Å². The maximum absolute atomic E-state index is 11.8. The van der Waals surface area contributed by atoms with Crippen molar-refractivity contribution in [2.45, 2.75) is 12.8 Å². The van der Waals surface area contributed by atoms with Crippen LogP contribution in [0.2, 0.25) is 0 Å². The third-order valence-electron chi connectivity index (χ3n) is 3.50. The summed E-state index contributed by atoms with van der Waals surface area (Å²) in [6.45, 7) is 0.344. The lowest BCUT2D eigenvalue weighted by molar-refractivity contribution is -0.121. The number of hydrogen-bond acceptors (Lipinski definition) is 7. The zero-order valence-electron chi connectivity index (χ0n) is 12.8. The zero-order valence-corrected chi connectivity index (χ0v) is 13.6. The number of pyridine rings is 1. The van der Waals surface area contributed by atoms with Crippen LogP contribution in [0, 0.1) is 5.92 Å². The molecule has 0 saturated carbocycles. The van der Waals surface area contributed by atoms with Crippen molar-refractivity contribution >= 4 is 15.7 Å². The van der Waals surface area contributed by atoms with Crippen LogP contribution >= 0.6 is 0 Å². The largest absolute Gasteiger partial charge is 0.356 e. The molecule has 0 radical (unpaired) electrons. The molecule has 3 rings (SSSR count). The van der Waals surface area contributed by atoms with Crippen molar-refractivity contribution in [2.24, 2.45) is 5.92 Å². The van der Waals surface area contributed by atoms with Gasteiger partial charge in [-0.2, -0.15) is 4.98 Å². The quantitative estimate of drug-likeness (QED) is 0.818. The Bertz CT molecular complexity index is 845. The number of carbonyl (C=O) groups is 1. The van der Waals surface area contributed by atoms with Gasteiger partial charge < -0.3 is 9.84 Å². The molecule has 2 aromatic rings. The fraction of sp³-hybridized carbons (Fsp3) is 0.333. The number of hydrogen-bond donors (Lipinski definition) is 1. The first-order valence-corrected chi connectivity index (χ1v) is 9.14. The van der Waals surface area contributed by atoms with Crippen molar-refractivity contribution in [2.75, 3.05) is 12.3 Å². The van der Waals surface area contributed by atoms with Gasteiger partial charge in [0.15, 0.2) is 9.84 Å². The Morgan fingerprint density at radius 2 is 2.29 bits per heavy atom. The minimum atomic E-state index is -3.13. The molecule has 0 unspecified atom stereocenters. The average Bonchev–Trinajstić information content (AvgIpc) is 3.15. The molecule has 3 heterocycles. The van der Waals surface area contributed by atoms with Crippen LogP contribution in [0.1, 0.15) is 12.3 Å². The van der Waals surface area contributed by atoms with Crippen LogP contribution in [0.5, 0.6) is 0 Å².